The van der Waals surface area contributed by atoms with E-state index in [1.807, 2.05) is 63.4 Å². The van der Waals surface area contributed by atoms with Gasteiger partial charge in [-0.3, -0.25) is 14.3 Å². The van der Waals surface area contributed by atoms with Gasteiger partial charge in [-0.05, 0) is 51.0 Å². The fourth-order valence-electron chi connectivity index (χ4n) is 3.87. The first-order valence-electron chi connectivity index (χ1n) is 10.2. The average Bonchev–Trinajstić information content (AvgIpc) is 2.98. The van der Waals surface area contributed by atoms with Gasteiger partial charge in [0.2, 0.25) is 5.91 Å². The average molecular weight is 406 g/mol. The van der Waals surface area contributed by atoms with Crippen molar-refractivity contribution in [2.24, 2.45) is 13.0 Å². The first-order chi connectivity index (χ1) is 14.5. The van der Waals surface area contributed by atoms with E-state index in [-0.39, 0.29) is 17.4 Å². The van der Waals surface area contributed by atoms with Gasteiger partial charge in [0.1, 0.15) is 5.69 Å². The molecule has 1 aliphatic heterocycles. The van der Waals surface area contributed by atoms with E-state index in [4.69, 9.17) is 0 Å². The van der Waals surface area contributed by atoms with Crippen molar-refractivity contribution in [3.05, 3.63) is 64.2 Å². The van der Waals surface area contributed by atoms with Gasteiger partial charge in [-0.25, -0.2) is 4.68 Å². The Bertz CT molecular complexity index is 1090. The van der Waals surface area contributed by atoms with E-state index in [0.717, 1.165) is 36.0 Å². The number of amides is 1. The number of aryl methyl sites for hydroxylation is 1. The number of nitrogens with zero attached hydrogens (tertiary/aromatic N) is 5. The molecule has 0 spiro atoms. The van der Waals surface area contributed by atoms with E-state index in [1.54, 1.807) is 9.36 Å². The zero-order valence-electron chi connectivity index (χ0n) is 17.5. The third-order valence-electron chi connectivity index (χ3n) is 5.78. The summed E-state index contributed by atoms with van der Waals surface area (Å²) in [4.78, 5) is 28.0. The van der Waals surface area contributed by atoms with Crippen molar-refractivity contribution in [2.75, 3.05) is 23.3 Å². The number of hydrogen-bond acceptors (Lipinski definition) is 5. The first-order valence-corrected chi connectivity index (χ1v) is 10.2. The Morgan fingerprint density at radius 3 is 2.37 bits per heavy atom. The van der Waals surface area contributed by atoms with E-state index in [9.17, 15) is 9.59 Å². The SMILES string of the molecule is Cc1ccc(N2CCC(C(=O)Nc3c(C)n(C)n(-c4ccccc4)c3=O)CC2)nn1. The molecule has 4 rings (SSSR count). The molecule has 0 atom stereocenters. The summed E-state index contributed by atoms with van der Waals surface area (Å²) in [6.45, 7) is 5.22. The monoisotopic (exact) mass is 406 g/mol. The second-order valence-corrected chi connectivity index (χ2v) is 7.72. The minimum atomic E-state index is -0.220. The van der Waals surface area contributed by atoms with Crippen LogP contribution >= 0.6 is 0 Å². The zero-order valence-corrected chi connectivity index (χ0v) is 17.5. The van der Waals surface area contributed by atoms with Gasteiger partial charge in [0, 0.05) is 26.1 Å². The minimum absolute atomic E-state index is 0.101. The number of rotatable bonds is 4. The summed E-state index contributed by atoms with van der Waals surface area (Å²) >= 11 is 0. The fraction of sp³-hybridized carbons (Fsp3) is 0.364. The molecule has 156 valence electrons. The molecule has 0 unspecified atom stereocenters. The van der Waals surface area contributed by atoms with Gasteiger partial charge in [-0.2, -0.15) is 5.10 Å². The van der Waals surface area contributed by atoms with Crippen molar-refractivity contribution in [3.63, 3.8) is 0 Å². The van der Waals surface area contributed by atoms with Gasteiger partial charge in [0.05, 0.1) is 17.1 Å². The van der Waals surface area contributed by atoms with Crippen molar-refractivity contribution < 1.29 is 4.79 Å². The first kappa shape index (κ1) is 19.9. The summed E-state index contributed by atoms with van der Waals surface area (Å²) in [5, 5.41) is 11.2. The molecular formula is C22H26N6O2. The smallest absolute Gasteiger partial charge is 0.295 e. The molecule has 2 aromatic heterocycles. The third-order valence-corrected chi connectivity index (χ3v) is 5.78. The lowest BCUT2D eigenvalue weighted by atomic mass is 9.96. The van der Waals surface area contributed by atoms with Crippen LogP contribution in [0.3, 0.4) is 0 Å². The normalized spacial score (nSPS) is 14.7. The Balaban J connectivity index is 1.46. The number of carbonyl (C=O) groups is 1. The van der Waals surface area contributed by atoms with Crippen LogP contribution in [-0.2, 0) is 11.8 Å². The van der Waals surface area contributed by atoms with Gasteiger partial charge in [0.15, 0.2) is 5.82 Å². The summed E-state index contributed by atoms with van der Waals surface area (Å²) in [7, 11) is 1.82. The molecule has 0 saturated carbocycles. The Kier molecular flexibility index (Phi) is 5.39. The molecule has 1 amide bonds. The van der Waals surface area contributed by atoms with Gasteiger partial charge < -0.3 is 10.2 Å². The molecule has 3 heterocycles. The van der Waals surface area contributed by atoms with Gasteiger partial charge >= 0.3 is 0 Å². The van der Waals surface area contributed by atoms with Crippen LogP contribution in [0, 0.1) is 19.8 Å². The number of anilines is 2. The number of para-hydroxylation sites is 1. The molecule has 8 heteroatoms. The molecular weight excluding hydrogens is 380 g/mol. The van der Waals surface area contributed by atoms with Crippen molar-refractivity contribution >= 4 is 17.4 Å². The second-order valence-electron chi connectivity index (χ2n) is 7.72. The summed E-state index contributed by atoms with van der Waals surface area (Å²) in [6.07, 6.45) is 1.42. The van der Waals surface area contributed by atoms with E-state index in [1.165, 1.54) is 0 Å². The van der Waals surface area contributed by atoms with Gasteiger partial charge in [-0.15, -0.1) is 5.10 Å². The van der Waals surface area contributed by atoms with E-state index >= 15 is 0 Å². The maximum atomic E-state index is 13.0. The predicted octanol–water partition coefficient (Wildman–Crippen LogP) is 2.44. The van der Waals surface area contributed by atoms with Crippen LogP contribution in [0.25, 0.3) is 5.69 Å². The van der Waals surface area contributed by atoms with Crippen LogP contribution in [0.1, 0.15) is 24.2 Å². The summed E-state index contributed by atoms with van der Waals surface area (Å²) < 4.78 is 3.34. The lowest BCUT2D eigenvalue weighted by Gasteiger charge is -2.31. The van der Waals surface area contributed by atoms with Crippen molar-refractivity contribution in [2.45, 2.75) is 26.7 Å². The molecule has 1 aliphatic rings. The summed E-state index contributed by atoms with van der Waals surface area (Å²) in [6, 6.07) is 13.3. The quantitative estimate of drug-likeness (QED) is 0.719. The number of piperidine rings is 1. The summed E-state index contributed by atoms with van der Waals surface area (Å²) in [5.41, 5.74) is 2.50. The number of carbonyl (C=O) groups excluding carboxylic acids is 1. The van der Waals surface area contributed by atoms with Crippen LogP contribution in [0.15, 0.2) is 47.3 Å². The van der Waals surface area contributed by atoms with E-state index < -0.39 is 0 Å². The number of benzene rings is 1. The third kappa shape index (κ3) is 3.72. The standard InChI is InChI=1S/C22H26N6O2/c1-15-9-10-19(25-24-15)27-13-11-17(12-14-27)21(29)23-20-16(2)26(3)28(22(20)30)18-7-5-4-6-8-18/h4-10,17H,11-14H2,1-3H3,(H,23,29). The predicted molar refractivity (Wildman–Crippen MR) is 116 cm³/mol. The van der Waals surface area contributed by atoms with Crippen LogP contribution in [-0.4, -0.2) is 38.6 Å². The second kappa shape index (κ2) is 8.14. The van der Waals surface area contributed by atoms with Crippen LogP contribution in [0.5, 0.6) is 0 Å². The fourth-order valence-corrected chi connectivity index (χ4v) is 3.87. The molecule has 30 heavy (non-hydrogen) atoms. The highest BCUT2D eigenvalue weighted by Crippen LogP contribution is 2.23. The maximum absolute atomic E-state index is 13.0. The maximum Gasteiger partial charge on any atom is 0.295 e. The molecule has 0 aliphatic carbocycles. The van der Waals surface area contributed by atoms with Crippen LogP contribution < -0.4 is 15.8 Å². The van der Waals surface area contributed by atoms with E-state index in [2.05, 4.69) is 20.4 Å². The molecule has 1 N–H and O–H groups in total. The Morgan fingerprint density at radius 1 is 1.03 bits per heavy atom. The number of aromatic nitrogens is 4. The molecule has 8 nitrogen and oxygen atoms in total. The topological polar surface area (TPSA) is 85.0 Å². The molecule has 1 aromatic carbocycles. The minimum Gasteiger partial charge on any atom is -0.355 e. The zero-order chi connectivity index (χ0) is 21.3. The molecule has 1 saturated heterocycles. The van der Waals surface area contributed by atoms with Gasteiger partial charge in [-0.1, -0.05) is 18.2 Å². The Morgan fingerprint density at radius 2 is 1.73 bits per heavy atom. The Labute approximate surface area is 175 Å². The lowest BCUT2D eigenvalue weighted by Crippen LogP contribution is -2.39. The van der Waals surface area contributed by atoms with Crippen molar-refractivity contribution in [1.29, 1.82) is 0 Å². The van der Waals surface area contributed by atoms with Gasteiger partial charge in [0.25, 0.3) is 5.56 Å². The van der Waals surface area contributed by atoms with Crippen molar-refractivity contribution in [3.8, 4) is 5.69 Å². The molecule has 3 aromatic rings. The Hall–Kier alpha value is -3.42. The van der Waals surface area contributed by atoms with Crippen LogP contribution in [0.2, 0.25) is 0 Å². The van der Waals surface area contributed by atoms with Crippen molar-refractivity contribution in [1.82, 2.24) is 19.6 Å². The molecule has 0 bridgehead atoms. The molecule has 1 fully saturated rings. The lowest BCUT2D eigenvalue weighted by molar-refractivity contribution is -0.120. The largest absolute Gasteiger partial charge is 0.355 e. The highest BCUT2D eigenvalue weighted by atomic mass is 16.2. The van der Waals surface area contributed by atoms with E-state index in [0.29, 0.717) is 18.5 Å². The number of hydrogen-bond donors (Lipinski definition) is 1. The highest BCUT2D eigenvalue weighted by Gasteiger charge is 2.27. The van der Waals surface area contributed by atoms with Crippen LogP contribution in [0.4, 0.5) is 11.5 Å². The highest BCUT2D eigenvalue weighted by molar-refractivity contribution is 5.93. The molecule has 0 radical (unpaired) electrons. The summed E-state index contributed by atoms with van der Waals surface area (Å²) in [5.74, 6) is 0.601. The number of nitrogens with one attached hydrogen (secondary N) is 1.